The Labute approximate surface area is 169 Å². The van der Waals surface area contributed by atoms with Gasteiger partial charge in [0.1, 0.15) is 0 Å². The van der Waals surface area contributed by atoms with Crippen LogP contribution in [0.5, 0.6) is 0 Å². The fourth-order valence-electron chi connectivity index (χ4n) is 4.32. The predicted octanol–water partition coefficient (Wildman–Crippen LogP) is 5.24. The molecule has 0 aliphatic heterocycles. The molecule has 1 saturated carbocycles. The van der Waals surface area contributed by atoms with Crippen molar-refractivity contribution in [3.63, 3.8) is 0 Å². The van der Waals surface area contributed by atoms with Gasteiger partial charge in [0, 0.05) is 11.5 Å². The molecule has 28 heavy (non-hydrogen) atoms. The summed E-state index contributed by atoms with van der Waals surface area (Å²) < 4.78 is 0. The van der Waals surface area contributed by atoms with Crippen LogP contribution in [-0.2, 0) is 11.2 Å². The molecule has 1 atom stereocenters. The molecule has 0 amide bonds. The van der Waals surface area contributed by atoms with Gasteiger partial charge in [0.05, 0.1) is 5.41 Å². The summed E-state index contributed by atoms with van der Waals surface area (Å²) in [4.78, 5) is 24.4. The van der Waals surface area contributed by atoms with Crippen molar-refractivity contribution in [2.45, 2.75) is 78.1 Å². The van der Waals surface area contributed by atoms with Crippen LogP contribution in [0.1, 0.15) is 87.6 Å². The monoisotopic (exact) mass is 387 g/mol. The lowest BCUT2D eigenvalue weighted by Gasteiger charge is -2.26. The number of benzene rings is 1. The molecule has 1 aromatic rings. The smallest absolute Gasteiger partial charge is 0.309 e. The number of nitrogens with two attached hydrogens (primary N) is 1. The second-order valence-corrected chi connectivity index (χ2v) is 8.84. The topological polar surface area (TPSA) is 80.4 Å². The maximum absolute atomic E-state index is 12.7. The van der Waals surface area contributed by atoms with E-state index in [-0.39, 0.29) is 11.7 Å². The van der Waals surface area contributed by atoms with Gasteiger partial charge in [0.25, 0.3) is 0 Å². The summed E-state index contributed by atoms with van der Waals surface area (Å²) in [7, 11) is 0. The summed E-state index contributed by atoms with van der Waals surface area (Å²) in [6.07, 6.45) is 9.12. The van der Waals surface area contributed by atoms with Crippen molar-refractivity contribution < 1.29 is 14.7 Å². The average molecular weight is 388 g/mol. The summed E-state index contributed by atoms with van der Waals surface area (Å²) in [5.41, 5.74) is 7.09. The Morgan fingerprint density at radius 2 is 1.68 bits per heavy atom. The summed E-state index contributed by atoms with van der Waals surface area (Å²) in [6.45, 7) is 4.69. The van der Waals surface area contributed by atoms with Crippen LogP contribution in [0.3, 0.4) is 0 Å². The minimum Gasteiger partial charge on any atom is -0.481 e. The fourth-order valence-corrected chi connectivity index (χ4v) is 4.32. The van der Waals surface area contributed by atoms with Gasteiger partial charge in [-0.25, -0.2) is 0 Å². The molecule has 3 N–H and O–H groups in total. The van der Waals surface area contributed by atoms with Crippen LogP contribution in [0.15, 0.2) is 24.3 Å². The number of carboxylic acid groups (broad SMARTS) is 1. The van der Waals surface area contributed by atoms with E-state index in [4.69, 9.17) is 5.73 Å². The van der Waals surface area contributed by atoms with Gasteiger partial charge in [-0.05, 0) is 76.3 Å². The molecule has 1 aromatic carbocycles. The van der Waals surface area contributed by atoms with Gasteiger partial charge in [0.2, 0.25) is 0 Å². The van der Waals surface area contributed by atoms with Crippen LogP contribution < -0.4 is 5.73 Å². The van der Waals surface area contributed by atoms with Crippen molar-refractivity contribution in [2.24, 2.45) is 23.0 Å². The molecule has 1 aliphatic rings. The van der Waals surface area contributed by atoms with Crippen molar-refractivity contribution in [1.29, 1.82) is 0 Å². The Bertz CT molecular complexity index is 632. The molecule has 2 rings (SSSR count). The lowest BCUT2D eigenvalue weighted by molar-refractivity contribution is -0.149. The van der Waals surface area contributed by atoms with Crippen LogP contribution in [0, 0.1) is 17.3 Å². The Kier molecular flexibility index (Phi) is 8.68. The molecule has 0 saturated heterocycles. The molecule has 0 spiro atoms. The molecule has 4 heteroatoms. The SMILES string of the molecule is CCCCC(C)(CCCc1ccc(C(=O)C2CCC(CN)CC2)cc1)C(=O)O. The van der Waals surface area contributed by atoms with Gasteiger partial charge in [-0.1, -0.05) is 44.0 Å². The molecule has 0 aromatic heterocycles. The lowest BCUT2D eigenvalue weighted by atomic mass is 9.78. The zero-order valence-electron chi connectivity index (χ0n) is 17.6. The van der Waals surface area contributed by atoms with Crippen LogP contribution in [0.25, 0.3) is 0 Å². The van der Waals surface area contributed by atoms with E-state index in [0.717, 1.165) is 69.9 Å². The summed E-state index contributed by atoms with van der Waals surface area (Å²) >= 11 is 0. The predicted molar refractivity (Wildman–Crippen MR) is 113 cm³/mol. The van der Waals surface area contributed by atoms with Crippen molar-refractivity contribution in [3.05, 3.63) is 35.4 Å². The summed E-state index contributed by atoms with van der Waals surface area (Å²) in [6, 6.07) is 7.95. The van der Waals surface area contributed by atoms with E-state index >= 15 is 0 Å². The van der Waals surface area contributed by atoms with Gasteiger partial charge >= 0.3 is 5.97 Å². The van der Waals surface area contributed by atoms with Crippen LogP contribution in [0.2, 0.25) is 0 Å². The van der Waals surface area contributed by atoms with Gasteiger partial charge in [-0.3, -0.25) is 9.59 Å². The first-order valence-corrected chi connectivity index (χ1v) is 11.0. The lowest BCUT2D eigenvalue weighted by Crippen LogP contribution is -2.27. The molecule has 1 unspecified atom stereocenters. The second kappa shape index (κ2) is 10.8. The van der Waals surface area contributed by atoms with Crippen molar-refractivity contribution in [3.8, 4) is 0 Å². The van der Waals surface area contributed by atoms with Crippen LogP contribution in [-0.4, -0.2) is 23.4 Å². The van der Waals surface area contributed by atoms with E-state index in [1.165, 1.54) is 5.56 Å². The Morgan fingerprint density at radius 1 is 1.07 bits per heavy atom. The maximum Gasteiger partial charge on any atom is 0.309 e. The number of carbonyl (C=O) groups is 2. The highest BCUT2D eigenvalue weighted by atomic mass is 16.4. The first kappa shape index (κ1) is 22.6. The molecule has 0 radical (unpaired) electrons. The summed E-state index contributed by atoms with van der Waals surface area (Å²) in [5, 5.41) is 9.57. The number of aryl methyl sites for hydroxylation is 1. The number of ketones is 1. The van der Waals surface area contributed by atoms with E-state index in [2.05, 4.69) is 6.92 Å². The molecule has 156 valence electrons. The van der Waals surface area contributed by atoms with E-state index < -0.39 is 11.4 Å². The number of aliphatic carboxylic acids is 1. The van der Waals surface area contributed by atoms with Gasteiger partial charge in [0.15, 0.2) is 5.78 Å². The van der Waals surface area contributed by atoms with Crippen molar-refractivity contribution in [2.75, 3.05) is 6.54 Å². The van der Waals surface area contributed by atoms with Crippen LogP contribution >= 0.6 is 0 Å². The molecule has 0 heterocycles. The van der Waals surface area contributed by atoms with Crippen LogP contribution in [0.4, 0.5) is 0 Å². The molecular weight excluding hydrogens is 350 g/mol. The maximum atomic E-state index is 12.7. The molecule has 1 aliphatic carbocycles. The third-order valence-corrected chi connectivity index (χ3v) is 6.58. The largest absolute Gasteiger partial charge is 0.481 e. The third kappa shape index (κ3) is 6.16. The highest BCUT2D eigenvalue weighted by Crippen LogP contribution is 2.32. The Morgan fingerprint density at radius 3 is 2.21 bits per heavy atom. The number of carboxylic acids is 1. The average Bonchev–Trinajstić information content (AvgIpc) is 2.72. The van der Waals surface area contributed by atoms with E-state index in [1.54, 1.807) is 0 Å². The van der Waals surface area contributed by atoms with Gasteiger partial charge < -0.3 is 10.8 Å². The zero-order valence-corrected chi connectivity index (χ0v) is 17.6. The van der Waals surface area contributed by atoms with E-state index in [0.29, 0.717) is 12.3 Å². The molecular formula is C24H37NO3. The number of hydrogen-bond acceptors (Lipinski definition) is 3. The van der Waals surface area contributed by atoms with E-state index in [9.17, 15) is 14.7 Å². The fraction of sp³-hybridized carbons (Fsp3) is 0.667. The number of hydrogen-bond donors (Lipinski definition) is 2. The minimum absolute atomic E-state index is 0.142. The number of unbranched alkanes of at least 4 members (excludes halogenated alkanes) is 1. The number of Topliss-reactive ketones (excluding diaryl/α,β-unsaturated/α-hetero) is 1. The quantitative estimate of drug-likeness (QED) is 0.509. The Balaban J connectivity index is 1.85. The normalized spacial score (nSPS) is 21.8. The first-order valence-electron chi connectivity index (χ1n) is 11.0. The summed E-state index contributed by atoms with van der Waals surface area (Å²) in [5.74, 6) is 0.301. The van der Waals surface area contributed by atoms with Gasteiger partial charge in [-0.2, -0.15) is 0 Å². The van der Waals surface area contributed by atoms with Crippen molar-refractivity contribution in [1.82, 2.24) is 0 Å². The number of rotatable bonds is 11. The minimum atomic E-state index is -0.689. The highest BCUT2D eigenvalue weighted by Gasteiger charge is 2.31. The number of carbonyl (C=O) groups excluding carboxylic acids is 1. The molecule has 0 bridgehead atoms. The molecule has 4 nitrogen and oxygen atoms in total. The second-order valence-electron chi connectivity index (χ2n) is 8.84. The Hall–Kier alpha value is -1.68. The first-order chi connectivity index (χ1) is 13.4. The zero-order chi connectivity index (χ0) is 20.6. The third-order valence-electron chi connectivity index (χ3n) is 6.58. The highest BCUT2D eigenvalue weighted by molar-refractivity contribution is 5.97. The van der Waals surface area contributed by atoms with E-state index in [1.807, 2.05) is 31.2 Å². The molecule has 1 fully saturated rings. The standard InChI is InChI=1S/C24H37NO3/c1-3-4-15-24(2,23(27)28)16-5-6-18-7-11-20(12-8-18)22(26)21-13-9-19(17-25)10-14-21/h7-8,11-12,19,21H,3-6,9-10,13-17,25H2,1-2H3,(H,27,28). The van der Waals surface area contributed by atoms with Gasteiger partial charge in [-0.15, -0.1) is 0 Å². The van der Waals surface area contributed by atoms with Crippen molar-refractivity contribution >= 4 is 11.8 Å².